The van der Waals surface area contributed by atoms with Crippen molar-refractivity contribution in [1.82, 2.24) is 9.80 Å². The van der Waals surface area contributed by atoms with Crippen LogP contribution in [0.2, 0.25) is 0 Å². The van der Waals surface area contributed by atoms with E-state index in [0.29, 0.717) is 6.54 Å². The third-order valence-corrected chi connectivity index (χ3v) is 5.51. The molecule has 3 rings (SSSR count). The van der Waals surface area contributed by atoms with Crippen LogP contribution in [0.4, 0.5) is 5.69 Å². The van der Waals surface area contributed by atoms with Gasteiger partial charge in [-0.3, -0.25) is 19.9 Å². The lowest BCUT2D eigenvalue weighted by Gasteiger charge is -2.39. The van der Waals surface area contributed by atoms with Crippen molar-refractivity contribution in [2.45, 2.75) is 51.1 Å². The van der Waals surface area contributed by atoms with Gasteiger partial charge in [0.2, 0.25) is 0 Å². The number of carboxylic acids is 2. The number of nitrogens with zero attached hydrogens (tertiary/aromatic N) is 3. The Kier molecular flexibility index (Phi) is 9.01. The first-order chi connectivity index (χ1) is 13.9. The highest BCUT2D eigenvalue weighted by Crippen LogP contribution is 2.24. The van der Waals surface area contributed by atoms with E-state index < -0.39 is 11.9 Å². The van der Waals surface area contributed by atoms with E-state index in [2.05, 4.69) is 9.80 Å². The second-order valence-electron chi connectivity index (χ2n) is 7.45. The third kappa shape index (κ3) is 7.43. The van der Waals surface area contributed by atoms with Gasteiger partial charge in [0.15, 0.2) is 0 Å². The standard InChI is InChI=1S/C18H27N3O2.C2H2O4/c22-21(23)18-10-6-5-7-16(18)15-19-11-13-20(14-12-19)17-8-3-1-2-4-9-17;3-1(4)2(5)6/h5-7,10,17H,1-4,8-9,11-15H2;(H,3,4)(H,5,6). The summed E-state index contributed by atoms with van der Waals surface area (Å²) in [4.78, 5) is 34.1. The second kappa shape index (κ2) is 11.5. The minimum Gasteiger partial charge on any atom is -0.473 e. The van der Waals surface area contributed by atoms with Crippen LogP contribution in [0.25, 0.3) is 0 Å². The molecule has 0 amide bonds. The maximum atomic E-state index is 11.1. The van der Waals surface area contributed by atoms with Crippen molar-refractivity contribution < 1.29 is 24.7 Å². The number of nitro benzene ring substituents is 1. The fourth-order valence-electron chi connectivity index (χ4n) is 3.97. The van der Waals surface area contributed by atoms with Crippen LogP contribution in [0, 0.1) is 10.1 Å². The van der Waals surface area contributed by atoms with E-state index in [9.17, 15) is 10.1 Å². The summed E-state index contributed by atoms with van der Waals surface area (Å²) in [6.07, 6.45) is 8.25. The summed E-state index contributed by atoms with van der Waals surface area (Å²) in [5, 5.41) is 25.9. The van der Waals surface area contributed by atoms with Crippen molar-refractivity contribution in [2.75, 3.05) is 26.2 Å². The molecule has 9 nitrogen and oxygen atoms in total. The smallest absolute Gasteiger partial charge is 0.414 e. The van der Waals surface area contributed by atoms with Crippen LogP contribution in [0.15, 0.2) is 24.3 Å². The lowest BCUT2D eigenvalue weighted by atomic mass is 10.1. The normalized spacial score (nSPS) is 18.9. The molecule has 2 N–H and O–H groups in total. The summed E-state index contributed by atoms with van der Waals surface area (Å²) < 4.78 is 0. The molecule has 2 fully saturated rings. The van der Waals surface area contributed by atoms with Crippen LogP contribution in [-0.4, -0.2) is 69.1 Å². The third-order valence-electron chi connectivity index (χ3n) is 5.51. The Bertz CT molecular complexity index is 683. The van der Waals surface area contributed by atoms with Gasteiger partial charge < -0.3 is 10.2 Å². The summed E-state index contributed by atoms with van der Waals surface area (Å²) in [5.74, 6) is -3.65. The fraction of sp³-hybridized carbons (Fsp3) is 0.600. The number of carboxylic acid groups (broad SMARTS) is 2. The highest BCUT2D eigenvalue weighted by Gasteiger charge is 2.25. The number of para-hydroxylation sites is 1. The summed E-state index contributed by atoms with van der Waals surface area (Å²) in [5.41, 5.74) is 1.08. The van der Waals surface area contributed by atoms with E-state index in [1.54, 1.807) is 12.1 Å². The SMILES string of the molecule is O=C(O)C(=O)O.O=[N+]([O-])c1ccccc1CN1CCN(C2CCCCCC2)CC1. The molecule has 1 saturated heterocycles. The van der Waals surface area contributed by atoms with Gasteiger partial charge in [0, 0.05) is 50.4 Å². The Labute approximate surface area is 170 Å². The zero-order valence-corrected chi connectivity index (χ0v) is 16.5. The van der Waals surface area contributed by atoms with Gasteiger partial charge in [-0.2, -0.15) is 0 Å². The maximum absolute atomic E-state index is 11.1. The Balaban J connectivity index is 0.000000438. The number of rotatable bonds is 4. The predicted octanol–water partition coefficient (Wildman–Crippen LogP) is 2.59. The average molecular weight is 407 g/mol. The first-order valence-electron chi connectivity index (χ1n) is 10.0. The number of hydrogen-bond donors (Lipinski definition) is 2. The number of carbonyl (C=O) groups is 2. The van der Waals surface area contributed by atoms with Gasteiger partial charge in [0.1, 0.15) is 0 Å². The van der Waals surface area contributed by atoms with Crippen LogP contribution in [0.3, 0.4) is 0 Å². The van der Waals surface area contributed by atoms with Crippen LogP contribution < -0.4 is 0 Å². The molecule has 0 spiro atoms. The van der Waals surface area contributed by atoms with Crippen LogP contribution in [-0.2, 0) is 16.1 Å². The molecule has 0 bridgehead atoms. The number of aliphatic carboxylic acids is 2. The summed E-state index contributed by atoms with van der Waals surface area (Å²) in [6.45, 7) is 4.93. The lowest BCUT2D eigenvalue weighted by molar-refractivity contribution is -0.385. The molecule has 9 heteroatoms. The van der Waals surface area contributed by atoms with Gasteiger partial charge >= 0.3 is 11.9 Å². The maximum Gasteiger partial charge on any atom is 0.414 e. The Morgan fingerprint density at radius 1 is 0.966 bits per heavy atom. The minimum atomic E-state index is -1.82. The molecular weight excluding hydrogens is 378 g/mol. The monoisotopic (exact) mass is 407 g/mol. The van der Waals surface area contributed by atoms with Crippen molar-refractivity contribution in [1.29, 1.82) is 0 Å². The molecule has 1 aliphatic heterocycles. The molecule has 2 aliphatic rings. The molecule has 1 aromatic rings. The highest BCUT2D eigenvalue weighted by atomic mass is 16.6. The van der Waals surface area contributed by atoms with Gasteiger partial charge in [-0.1, -0.05) is 43.9 Å². The number of piperazine rings is 1. The van der Waals surface area contributed by atoms with Gasteiger partial charge in [-0.15, -0.1) is 0 Å². The average Bonchev–Trinajstić information content (AvgIpc) is 2.99. The summed E-state index contributed by atoms with van der Waals surface area (Å²) >= 11 is 0. The van der Waals surface area contributed by atoms with Crippen molar-refractivity contribution in [3.63, 3.8) is 0 Å². The Morgan fingerprint density at radius 3 is 2.03 bits per heavy atom. The van der Waals surface area contributed by atoms with Crippen molar-refractivity contribution in [3.05, 3.63) is 39.9 Å². The molecule has 0 unspecified atom stereocenters. The molecule has 0 radical (unpaired) electrons. The first-order valence-corrected chi connectivity index (χ1v) is 10.0. The molecule has 1 saturated carbocycles. The van der Waals surface area contributed by atoms with Gasteiger partial charge in [-0.05, 0) is 12.8 Å². The van der Waals surface area contributed by atoms with E-state index in [1.165, 1.54) is 38.5 Å². The molecule has 160 valence electrons. The largest absolute Gasteiger partial charge is 0.473 e. The number of benzene rings is 1. The first kappa shape index (κ1) is 22.8. The van der Waals surface area contributed by atoms with Crippen molar-refractivity contribution in [3.8, 4) is 0 Å². The van der Waals surface area contributed by atoms with Crippen LogP contribution in [0.5, 0.6) is 0 Å². The topological polar surface area (TPSA) is 124 Å². The minimum absolute atomic E-state index is 0.249. The lowest BCUT2D eigenvalue weighted by Crippen LogP contribution is -2.49. The van der Waals surface area contributed by atoms with Gasteiger partial charge in [-0.25, -0.2) is 9.59 Å². The summed E-state index contributed by atoms with van der Waals surface area (Å²) in [7, 11) is 0. The van der Waals surface area contributed by atoms with E-state index in [1.807, 2.05) is 12.1 Å². The molecular formula is C20H29N3O6. The van der Waals surface area contributed by atoms with E-state index in [-0.39, 0.29) is 10.6 Å². The van der Waals surface area contributed by atoms with E-state index in [4.69, 9.17) is 19.8 Å². The molecule has 1 aliphatic carbocycles. The zero-order chi connectivity index (χ0) is 21.2. The molecule has 0 aromatic heterocycles. The summed E-state index contributed by atoms with van der Waals surface area (Å²) in [6, 6.07) is 7.90. The predicted molar refractivity (Wildman–Crippen MR) is 107 cm³/mol. The van der Waals surface area contributed by atoms with Crippen LogP contribution in [0.1, 0.15) is 44.1 Å². The Hall–Kier alpha value is -2.52. The van der Waals surface area contributed by atoms with E-state index in [0.717, 1.165) is 37.8 Å². The zero-order valence-electron chi connectivity index (χ0n) is 16.5. The molecule has 1 heterocycles. The highest BCUT2D eigenvalue weighted by molar-refractivity contribution is 6.27. The second-order valence-corrected chi connectivity index (χ2v) is 7.45. The molecule has 29 heavy (non-hydrogen) atoms. The molecule has 0 atom stereocenters. The van der Waals surface area contributed by atoms with Gasteiger partial charge in [0.05, 0.1) is 4.92 Å². The Morgan fingerprint density at radius 2 is 1.52 bits per heavy atom. The van der Waals surface area contributed by atoms with Crippen molar-refractivity contribution >= 4 is 17.6 Å². The van der Waals surface area contributed by atoms with Crippen LogP contribution >= 0.6 is 0 Å². The fourth-order valence-corrected chi connectivity index (χ4v) is 3.97. The molecule has 1 aromatic carbocycles. The number of hydrogen-bond acceptors (Lipinski definition) is 6. The quantitative estimate of drug-likeness (QED) is 0.338. The van der Waals surface area contributed by atoms with Gasteiger partial charge in [0.25, 0.3) is 5.69 Å². The van der Waals surface area contributed by atoms with Crippen molar-refractivity contribution in [2.24, 2.45) is 0 Å². The number of nitro groups is 1. The van der Waals surface area contributed by atoms with E-state index >= 15 is 0 Å².